The fourth-order valence-electron chi connectivity index (χ4n) is 2.89. The van der Waals surface area contributed by atoms with Gasteiger partial charge in [0.05, 0.1) is 5.60 Å². The molecule has 0 aliphatic heterocycles. The highest BCUT2D eigenvalue weighted by Crippen LogP contribution is 2.67. The van der Waals surface area contributed by atoms with Crippen LogP contribution >= 0.6 is 27.3 Å². The Morgan fingerprint density at radius 3 is 2.62 bits per heavy atom. The van der Waals surface area contributed by atoms with Crippen LogP contribution in [0.25, 0.3) is 0 Å². The highest BCUT2D eigenvalue weighted by atomic mass is 79.9. The summed E-state index contributed by atoms with van der Waals surface area (Å²) in [6.45, 7) is 0. The van der Waals surface area contributed by atoms with Crippen molar-refractivity contribution in [2.24, 2.45) is 11.8 Å². The average Bonchev–Trinajstić information content (AvgIpc) is 2.61. The van der Waals surface area contributed by atoms with Crippen LogP contribution in [0.1, 0.15) is 24.8 Å². The lowest BCUT2D eigenvalue weighted by atomic mass is 10.0. The van der Waals surface area contributed by atoms with E-state index in [4.69, 9.17) is 0 Å². The number of thiophene rings is 1. The summed E-state index contributed by atoms with van der Waals surface area (Å²) in [5, 5.41) is 14.6. The van der Waals surface area contributed by atoms with Gasteiger partial charge in [-0.15, -0.1) is 0 Å². The third-order valence-corrected chi connectivity index (χ3v) is 5.29. The van der Waals surface area contributed by atoms with E-state index in [-0.39, 0.29) is 0 Å². The Labute approximate surface area is 89.9 Å². The summed E-state index contributed by atoms with van der Waals surface area (Å²) in [6.07, 6.45) is 3.73. The van der Waals surface area contributed by atoms with Crippen molar-refractivity contribution in [2.45, 2.75) is 24.9 Å². The molecule has 0 saturated heterocycles. The Hall–Kier alpha value is 0.140. The van der Waals surface area contributed by atoms with Crippen molar-refractivity contribution in [3.8, 4) is 0 Å². The Bertz CT molecular complexity index is 336. The highest BCUT2D eigenvalue weighted by molar-refractivity contribution is 9.10. The van der Waals surface area contributed by atoms with E-state index in [1.54, 1.807) is 11.3 Å². The lowest BCUT2D eigenvalue weighted by Gasteiger charge is -2.13. The van der Waals surface area contributed by atoms with Crippen molar-refractivity contribution < 1.29 is 5.11 Å². The van der Waals surface area contributed by atoms with Crippen molar-refractivity contribution in [1.82, 2.24) is 0 Å². The molecule has 0 amide bonds. The lowest BCUT2D eigenvalue weighted by molar-refractivity contribution is 0.105. The molecule has 13 heavy (non-hydrogen) atoms. The van der Waals surface area contributed by atoms with E-state index in [9.17, 15) is 5.11 Å². The summed E-state index contributed by atoms with van der Waals surface area (Å²) >= 11 is 5.17. The maximum atomic E-state index is 10.4. The molecule has 0 spiro atoms. The summed E-state index contributed by atoms with van der Waals surface area (Å²) in [5.41, 5.74) is 0.670. The van der Waals surface area contributed by atoms with E-state index in [1.807, 2.05) is 0 Å². The van der Waals surface area contributed by atoms with Crippen LogP contribution in [0.3, 0.4) is 0 Å². The number of fused-ring (bicyclic) bond motifs is 1. The maximum Gasteiger partial charge on any atom is 0.0979 e. The van der Waals surface area contributed by atoms with Crippen molar-refractivity contribution >= 4 is 27.3 Å². The first-order valence-electron chi connectivity index (χ1n) is 4.69. The molecule has 2 saturated carbocycles. The van der Waals surface area contributed by atoms with E-state index in [0.29, 0.717) is 11.8 Å². The van der Waals surface area contributed by atoms with Gasteiger partial charge in [0.25, 0.3) is 0 Å². The number of rotatable bonds is 1. The first-order valence-corrected chi connectivity index (χ1v) is 6.42. The topological polar surface area (TPSA) is 20.2 Å². The molecule has 3 heteroatoms. The van der Waals surface area contributed by atoms with Crippen LogP contribution in [0.5, 0.6) is 0 Å². The molecule has 0 aromatic carbocycles. The maximum absolute atomic E-state index is 10.4. The normalized spacial score (nSPS) is 42.0. The van der Waals surface area contributed by atoms with E-state index >= 15 is 0 Å². The molecule has 2 atom stereocenters. The molecule has 2 fully saturated rings. The van der Waals surface area contributed by atoms with E-state index in [1.165, 1.54) is 19.3 Å². The standard InChI is InChI=1S/C10H11BrOS/c11-9-5-13-4-8(9)10(12)6-2-1-3-7(6)10/h4-7,12H,1-3H2. The van der Waals surface area contributed by atoms with Crippen LogP contribution in [0.4, 0.5) is 0 Å². The number of aliphatic hydroxyl groups is 1. The van der Waals surface area contributed by atoms with Crippen molar-refractivity contribution in [3.05, 3.63) is 20.8 Å². The van der Waals surface area contributed by atoms with Crippen molar-refractivity contribution in [2.75, 3.05) is 0 Å². The summed E-state index contributed by atoms with van der Waals surface area (Å²) in [6, 6.07) is 0. The van der Waals surface area contributed by atoms with E-state index < -0.39 is 5.60 Å². The van der Waals surface area contributed by atoms with Gasteiger partial charge < -0.3 is 5.11 Å². The molecule has 1 heterocycles. The fourth-order valence-corrected chi connectivity index (χ4v) is 4.56. The van der Waals surface area contributed by atoms with Crippen LogP contribution in [0.2, 0.25) is 0 Å². The fraction of sp³-hybridized carbons (Fsp3) is 0.600. The van der Waals surface area contributed by atoms with Gasteiger partial charge in [0.1, 0.15) is 0 Å². The summed E-state index contributed by atoms with van der Waals surface area (Å²) in [5.74, 6) is 1.11. The van der Waals surface area contributed by atoms with Crippen LogP contribution in [0.15, 0.2) is 15.2 Å². The minimum Gasteiger partial charge on any atom is -0.384 e. The van der Waals surface area contributed by atoms with Crippen LogP contribution in [-0.2, 0) is 5.60 Å². The zero-order chi connectivity index (χ0) is 9.05. The predicted molar refractivity (Wildman–Crippen MR) is 56.7 cm³/mol. The van der Waals surface area contributed by atoms with Crippen LogP contribution in [-0.4, -0.2) is 5.11 Å². The van der Waals surface area contributed by atoms with Gasteiger partial charge in [0, 0.05) is 15.4 Å². The van der Waals surface area contributed by atoms with Crippen molar-refractivity contribution in [1.29, 1.82) is 0 Å². The average molecular weight is 259 g/mol. The monoisotopic (exact) mass is 258 g/mol. The largest absolute Gasteiger partial charge is 0.384 e. The van der Waals surface area contributed by atoms with Gasteiger partial charge in [-0.3, -0.25) is 0 Å². The first kappa shape index (κ1) is 8.45. The molecule has 3 rings (SSSR count). The Balaban J connectivity index is 1.99. The van der Waals surface area contributed by atoms with Crippen LogP contribution < -0.4 is 0 Å². The SMILES string of the molecule is OC1(c2cscc2Br)C2CCCC21. The molecule has 2 aliphatic rings. The number of hydrogen-bond donors (Lipinski definition) is 1. The second-order valence-electron chi connectivity index (χ2n) is 4.10. The first-order chi connectivity index (χ1) is 6.24. The molecule has 1 aromatic rings. The molecule has 70 valence electrons. The second-order valence-corrected chi connectivity index (χ2v) is 5.70. The zero-order valence-electron chi connectivity index (χ0n) is 7.16. The Morgan fingerprint density at radius 2 is 2.08 bits per heavy atom. The Morgan fingerprint density at radius 1 is 1.38 bits per heavy atom. The van der Waals surface area contributed by atoms with E-state index in [0.717, 1.165) is 10.0 Å². The minimum absolute atomic E-state index is 0.461. The minimum atomic E-state index is -0.461. The van der Waals surface area contributed by atoms with E-state index in [2.05, 4.69) is 26.7 Å². The quantitative estimate of drug-likeness (QED) is 0.821. The molecule has 1 aromatic heterocycles. The van der Waals surface area contributed by atoms with Gasteiger partial charge in [0.15, 0.2) is 0 Å². The van der Waals surface area contributed by atoms with Gasteiger partial charge in [-0.05, 0) is 46.0 Å². The van der Waals surface area contributed by atoms with Crippen LogP contribution in [0, 0.1) is 11.8 Å². The molecule has 0 radical (unpaired) electrons. The number of hydrogen-bond acceptors (Lipinski definition) is 2. The molecule has 2 unspecified atom stereocenters. The van der Waals surface area contributed by atoms with Crippen molar-refractivity contribution in [3.63, 3.8) is 0 Å². The molecular weight excluding hydrogens is 248 g/mol. The third-order valence-electron chi connectivity index (χ3n) is 3.58. The lowest BCUT2D eigenvalue weighted by Crippen LogP contribution is -2.12. The summed E-state index contributed by atoms with van der Waals surface area (Å²) < 4.78 is 1.09. The second kappa shape index (κ2) is 2.59. The molecule has 1 nitrogen and oxygen atoms in total. The Kier molecular flexibility index (Phi) is 1.68. The molecule has 0 bridgehead atoms. The predicted octanol–water partition coefficient (Wildman–Crippen LogP) is 3.13. The molecular formula is C10H11BrOS. The van der Waals surface area contributed by atoms with Gasteiger partial charge in [-0.25, -0.2) is 0 Å². The molecule has 2 aliphatic carbocycles. The smallest absolute Gasteiger partial charge is 0.0979 e. The van der Waals surface area contributed by atoms with Gasteiger partial charge in [-0.1, -0.05) is 6.42 Å². The molecule has 1 N–H and O–H groups in total. The zero-order valence-corrected chi connectivity index (χ0v) is 9.57. The summed E-state index contributed by atoms with van der Waals surface area (Å²) in [7, 11) is 0. The highest BCUT2D eigenvalue weighted by Gasteiger charge is 2.66. The van der Waals surface area contributed by atoms with Gasteiger partial charge in [0.2, 0.25) is 0 Å². The van der Waals surface area contributed by atoms with Gasteiger partial charge >= 0.3 is 0 Å². The summed E-state index contributed by atoms with van der Waals surface area (Å²) in [4.78, 5) is 0. The third kappa shape index (κ3) is 0.956. The van der Waals surface area contributed by atoms with Gasteiger partial charge in [-0.2, -0.15) is 11.3 Å². The number of halogens is 1.